The number of rotatable bonds is 6. The van der Waals surface area contributed by atoms with Crippen LogP contribution >= 0.6 is 0 Å². The van der Waals surface area contributed by atoms with Crippen LogP contribution in [0.1, 0.15) is 24.8 Å². The average Bonchev–Trinajstić information content (AvgIpc) is 2.78. The number of hydrogen-bond acceptors (Lipinski definition) is 6. The molecule has 0 radical (unpaired) electrons. The Morgan fingerprint density at radius 1 is 1.03 bits per heavy atom. The average molecular weight is 463 g/mol. The number of anilines is 1. The van der Waals surface area contributed by atoms with Gasteiger partial charge >= 0.3 is 0 Å². The predicted octanol–water partition coefficient (Wildman–Crippen LogP) is 2.48. The summed E-state index contributed by atoms with van der Waals surface area (Å²) in [5.41, 5.74) is -1.03. The molecule has 2 aliphatic rings. The van der Waals surface area contributed by atoms with Crippen LogP contribution in [0.5, 0.6) is 5.75 Å². The third-order valence-electron chi connectivity index (χ3n) is 6.86. The van der Waals surface area contributed by atoms with Crippen LogP contribution in [0.25, 0.3) is 0 Å². The fraction of sp³-hybridized carbons (Fsp3) is 0.520. The maximum Gasteiger partial charge on any atom is 0.137 e. The number of likely N-dealkylation sites (tertiary alicyclic amines) is 1. The molecule has 6 nitrogen and oxygen atoms in total. The second kappa shape index (κ2) is 9.54. The molecule has 4 rings (SSSR count). The highest BCUT2D eigenvalue weighted by Crippen LogP contribution is 2.30. The molecule has 0 saturated carbocycles. The quantitative estimate of drug-likeness (QED) is 0.613. The number of piperidine rings is 2. The largest absolute Gasteiger partial charge is 0.490 e. The molecule has 2 aromatic carbocycles. The lowest BCUT2D eigenvalue weighted by atomic mass is 9.86. The smallest absolute Gasteiger partial charge is 0.137 e. The minimum absolute atomic E-state index is 0.132. The second-order valence-electron chi connectivity index (χ2n) is 9.51. The van der Waals surface area contributed by atoms with Gasteiger partial charge in [-0.1, -0.05) is 0 Å². The summed E-state index contributed by atoms with van der Waals surface area (Å²) < 4.78 is 32.4. The van der Waals surface area contributed by atoms with Crippen LogP contribution in [0.4, 0.5) is 14.5 Å². The van der Waals surface area contributed by atoms with Crippen molar-refractivity contribution in [2.24, 2.45) is 0 Å². The fourth-order valence-corrected chi connectivity index (χ4v) is 4.74. The van der Waals surface area contributed by atoms with E-state index in [4.69, 9.17) is 4.74 Å². The van der Waals surface area contributed by atoms with Gasteiger partial charge in [0.25, 0.3) is 0 Å². The number of aliphatic hydroxyl groups is 3. The van der Waals surface area contributed by atoms with Crippen molar-refractivity contribution in [1.29, 1.82) is 0 Å². The maximum atomic E-state index is 13.5. The van der Waals surface area contributed by atoms with Gasteiger partial charge in [0, 0.05) is 38.4 Å². The van der Waals surface area contributed by atoms with Crippen LogP contribution in [0.15, 0.2) is 42.5 Å². The molecule has 0 bridgehead atoms. The Balaban J connectivity index is 1.33. The number of halogens is 2. The predicted molar refractivity (Wildman–Crippen MR) is 121 cm³/mol. The SMILES string of the molecule is Cc1cc(OC[C@@]2(O)CN(CC3(O)CCN(c4ccc(F)cc4)CC3)CC[C@@H]2O)ccc1F. The Morgan fingerprint density at radius 3 is 2.39 bits per heavy atom. The Kier molecular flexibility index (Phi) is 6.91. The van der Waals surface area contributed by atoms with Crippen LogP contribution in [-0.4, -0.2) is 76.9 Å². The molecule has 0 unspecified atom stereocenters. The molecule has 2 heterocycles. The molecule has 2 fully saturated rings. The molecule has 180 valence electrons. The van der Waals surface area contributed by atoms with Gasteiger partial charge in [0.05, 0.1) is 11.7 Å². The zero-order valence-electron chi connectivity index (χ0n) is 18.9. The van der Waals surface area contributed by atoms with Crippen LogP contribution in [0.3, 0.4) is 0 Å². The van der Waals surface area contributed by atoms with Crippen LogP contribution in [0, 0.1) is 18.6 Å². The topological polar surface area (TPSA) is 76.4 Å². The summed E-state index contributed by atoms with van der Waals surface area (Å²) in [6.07, 6.45) is 0.505. The van der Waals surface area contributed by atoms with E-state index >= 15 is 0 Å². The van der Waals surface area contributed by atoms with Crippen molar-refractivity contribution >= 4 is 5.69 Å². The van der Waals surface area contributed by atoms with E-state index in [1.54, 1.807) is 25.1 Å². The molecule has 0 amide bonds. The van der Waals surface area contributed by atoms with Crippen molar-refractivity contribution in [3.63, 3.8) is 0 Å². The normalized spacial score (nSPS) is 25.8. The van der Waals surface area contributed by atoms with Gasteiger partial charge in [-0.2, -0.15) is 0 Å². The number of hydrogen-bond donors (Lipinski definition) is 3. The summed E-state index contributed by atoms with van der Waals surface area (Å²) >= 11 is 0. The van der Waals surface area contributed by atoms with Crippen molar-refractivity contribution in [2.75, 3.05) is 44.2 Å². The van der Waals surface area contributed by atoms with Crippen molar-refractivity contribution in [2.45, 2.75) is 43.5 Å². The number of benzene rings is 2. The van der Waals surface area contributed by atoms with Crippen molar-refractivity contribution < 1.29 is 28.8 Å². The molecule has 8 heteroatoms. The van der Waals surface area contributed by atoms with E-state index in [2.05, 4.69) is 4.90 Å². The molecular weight excluding hydrogens is 430 g/mol. The van der Waals surface area contributed by atoms with Crippen molar-refractivity contribution in [3.05, 3.63) is 59.7 Å². The van der Waals surface area contributed by atoms with E-state index in [0.717, 1.165) is 5.69 Å². The Hall–Kier alpha value is -2.26. The summed E-state index contributed by atoms with van der Waals surface area (Å²) in [4.78, 5) is 4.10. The van der Waals surface area contributed by atoms with E-state index in [1.807, 2.05) is 4.90 Å². The van der Waals surface area contributed by atoms with Gasteiger partial charge in [0.15, 0.2) is 0 Å². The fourth-order valence-electron chi connectivity index (χ4n) is 4.74. The van der Waals surface area contributed by atoms with E-state index in [1.165, 1.54) is 24.3 Å². The summed E-state index contributed by atoms with van der Waals surface area (Å²) in [7, 11) is 0. The highest BCUT2D eigenvalue weighted by molar-refractivity contribution is 5.46. The molecule has 3 N–H and O–H groups in total. The Morgan fingerprint density at radius 2 is 1.73 bits per heavy atom. The Bertz CT molecular complexity index is 950. The van der Waals surface area contributed by atoms with Gasteiger partial charge in [-0.05, 0) is 74.2 Å². The molecule has 0 spiro atoms. The first-order chi connectivity index (χ1) is 15.7. The molecule has 2 saturated heterocycles. The second-order valence-corrected chi connectivity index (χ2v) is 9.51. The number of aryl methyl sites for hydroxylation is 1. The van der Waals surface area contributed by atoms with Gasteiger partial charge in [-0.3, -0.25) is 4.90 Å². The first kappa shape index (κ1) is 23.9. The van der Waals surface area contributed by atoms with Crippen LogP contribution in [0.2, 0.25) is 0 Å². The van der Waals surface area contributed by atoms with E-state index < -0.39 is 17.3 Å². The first-order valence-corrected chi connectivity index (χ1v) is 11.4. The standard InChI is InChI=1S/C25H32F2N2O4/c1-18-14-21(6-7-22(18)27)33-17-25(32)16-28(11-8-23(25)30)15-24(31)9-12-29(13-10-24)20-4-2-19(26)3-5-20/h2-7,14,23,30-32H,8-13,15-17H2,1H3/t23-,25-/m0/s1. The number of nitrogens with zero attached hydrogens (tertiary/aromatic N) is 2. The van der Waals surface area contributed by atoms with Gasteiger partial charge in [-0.25, -0.2) is 8.78 Å². The highest BCUT2D eigenvalue weighted by Gasteiger charge is 2.44. The summed E-state index contributed by atoms with van der Waals surface area (Å²) in [5.74, 6) is -0.173. The zero-order valence-corrected chi connectivity index (χ0v) is 18.9. The molecule has 2 aliphatic heterocycles. The van der Waals surface area contributed by atoms with Gasteiger partial charge in [-0.15, -0.1) is 0 Å². The monoisotopic (exact) mass is 462 g/mol. The molecule has 2 atom stereocenters. The minimum Gasteiger partial charge on any atom is -0.490 e. The van der Waals surface area contributed by atoms with Crippen LogP contribution in [-0.2, 0) is 0 Å². The van der Waals surface area contributed by atoms with Crippen molar-refractivity contribution in [1.82, 2.24) is 4.90 Å². The van der Waals surface area contributed by atoms with Gasteiger partial charge in [0.1, 0.15) is 29.6 Å². The highest BCUT2D eigenvalue weighted by atomic mass is 19.1. The molecule has 0 aliphatic carbocycles. The summed E-state index contributed by atoms with van der Waals surface area (Å²) in [6, 6.07) is 10.7. The third-order valence-corrected chi connectivity index (χ3v) is 6.86. The maximum absolute atomic E-state index is 13.5. The number of aliphatic hydroxyl groups excluding tert-OH is 1. The van der Waals surface area contributed by atoms with Gasteiger partial charge in [0.2, 0.25) is 0 Å². The summed E-state index contributed by atoms with van der Waals surface area (Å²) in [6.45, 7) is 3.91. The number of ether oxygens (including phenoxy) is 1. The lowest BCUT2D eigenvalue weighted by molar-refractivity contribution is -0.149. The number of β-amino-alcohol motifs (C(OH)–C–C–N with tert-alkyl or cyclic N) is 2. The lowest BCUT2D eigenvalue weighted by Gasteiger charge is -2.46. The van der Waals surface area contributed by atoms with E-state index in [0.29, 0.717) is 56.8 Å². The van der Waals surface area contributed by atoms with Crippen LogP contribution < -0.4 is 9.64 Å². The zero-order chi connectivity index (χ0) is 23.6. The van der Waals surface area contributed by atoms with Gasteiger partial charge < -0.3 is 25.0 Å². The Labute approximate surface area is 193 Å². The van der Waals surface area contributed by atoms with E-state index in [-0.39, 0.29) is 24.8 Å². The molecule has 0 aromatic heterocycles. The van der Waals surface area contributed by atoms with E-state index in [9.17, 15) is 24.1 Å². The minimum atomic E-state index is -1.49. The van der Waals surface area contributed by atoms with Crippen molar-refractivity contribution in [3.8, 4) is 5.75 Å². The summed E-state index contributed by atoms with van der Waals surface area (Å²) in [5, 5.41) is 32.8. The molecule has 33 heavy (non-hydrogen) atoms. The molecular formula is C25H32F2N2O4. The first-order valence-electron chi connectivity index (χ1n) is 11.4. The molecule has 2 aromatic rings. The third kappa shape index (κ3) is 5.63. The lowest BCUT2D eigenvalue weighted by Crippen LogP contribution is -2.62.